The number of nitrogens with zero attached hydrogens (tertiary/aromatic N) is 4. The summed E-state index contributed by atoms with van der Waals surface area (Å²) in [4.78, 5) is 35.4. The number of piperidine rings is 1. The largest absolute Gasteiger partial charge is 0.439 e. The number of amides is 2. The average molecular weight is 535 g/mol. The maximum Gasteiger partial charge on any atom is 0.276 e. The third kappa shape index (κ3) is 4.84. The Balaban J connectivity index is 1.12. The normalized spacial score (nSPS) is 19.1. The van der Waals surface area contributed by atoms with Crippen LogP contribution in [0, 0.1) is 5.92 Å². The number of thiophene rings is 1. The van der Waals surface area contributed by atoms with Gasteiger partial charge in [-0.25, -0.2) is 4.98 Å². The number of hydrogen-bond acceptors (Lipinski definition) is 7. The van der Waals surface area contributed by atoms with Gasteiger partial charge in [-0.05, 0) is 60.5 Å². The number of ether oxygens (including phenoxy) is 1. The van der Waals surface area contributed by atoms with Gasteiger partial charge in [-0.15, -0.1) is 11.3 Å². The first-order valence-corrected chi connectivity index (χ1v) is 13.3. The third-order valence-electron chi connectivity index (χ3n) is 6.85. The van der Waals surface area contributed by atoms with E-state index >= 15 is 0 Å². The lowest BCUT2D eigenvalue weighted by Gasteiger charge is -2.36. The summed E-state index contributed by atoms with van der Waals surface area (Å²) in [5, 5.41) is 6.53. The molecule has 4 aromatic rings. The van der Waals surface area contributed by atoms with Crippen molar-refractivity contribution >= 4 is 34.8 Å². The van der Waals surface area contributed by atoms with Gasteiger partial charge >= 0.3 is 0 Å². The predicted molar refractivity (Wildman–Crippen MR) is 139 cm³/mol. The second-order valence-electron chi connectivity index (χ2n) is 9.17. The van der Waals surface area contributed by atoms with E-state index in [1.165, 1.54) is 17.5 Å². The van der Waals surface area contributed by atoms with E-state index in [0.717, 1.165) is 17.7 Å². The van der Waals surface area contributed by atoms with Crippen LogP contribution < -0.4 is 4.74 Å². The maximum absolute atomic E-state index is 13.4. The Bertz CT molecular complexity index is 1410. The van der Waals surface area contributed by atoms with Gasteiger partial charge in [-0.3, -0.25) is 9.59 Å². The summed E-state index contributed by atoms with van der Waals surface area (Å²) in [6.45, 7) is 1.77. The van der Waals surface area contributed by atoms with Crippen LogP contribution in [0.15, 0.2) is 70.7 Å². The molecule has 0 aliphatic carbocycles. The topological polar surface area (TPSA) is 88.8 Å². The number of pyridine rings is 1. The molecular weight excluding hydrogens is 512 g/mol. The molecule has 6 rings (SSSR count). The highest BCUT2D eigenvalue weighted by Crippen LogP contribution is 2.33. The lowest BCUT2D eigenvalue weighted by Crippen LogP contribution is -2.48. The van der Waals surface area contributed by atoms with E-state index in [9.17, 15) is 9.59 Å². The molecule has 0 unspecified atom stereocenters. The molecule has 2 amide bonds. The molecule has 2 atom stereocenters. The molecular formula is C27H23ClN4O4S. The van der Waals surface area contributed by atoms with Gasteiger partial charge in [0.15, 0.2) is 11.5 Å². The van der Waals surface area contributed by atoms with Gasteiger partial charge in [0.25, 0.3) is 11.8 Å². The zero-order chi connectivity index (χ0) is 25.4. The zero-order valence-corrected chi connectivity index (χ0v) is 21.3. The Morgan fingerprint density at radius 1 is 1.08 bits per heavy atom. The molecule has 2 aliphatic rings. The van der Waals surface area contributed by atoms with Gasteiger partial charge in [0.1, 0.15) is 5.75 Å². The van der Waals surface area contributed by atoms with Crippen LogP contribution in [0.5, 0.6) is 11.6 Å². The summed E-state index contributed by atoms with van der Waals surface area (Å²) in [7, 11) is 0. The Kier molecular flexibility index (Phi) is 6.40. The van der Waals surface area contributed by atoms with Crippen molar-refractivity contribution in [2.45, 2.75) is 18.9 Å². The molecule has 2 aliphatic heterocycles. The summed E-state index contributed by atoms with van der Waals surface area (Å²) in [6, 6.07) is 15.9. The number of fused-ring (bicyclic) bond motifs is 1. The molecule has 1 aromatic carbocycles. The Morgan fingerprint density at radius 3 is 2.70 bits per heavy atom. The van der Waals surface area contributed by atoms with Crippen molar-refractivity contribution in [2.75, 3.05) is 19.6 Å². The Labute approximate surface area is 222 Å². The van der Waals surface area contributed by atoms with Gasteiger partial charge in [0, 0.05) is 43.5 Å². The van der Waals surface area contributed by atoms with Gasteiger partial charge in [0.2, 0.25) is 5.88 Å². The SMILES string of the molecule is O=C(c1ccc(Oc2ccc(Cl)cn2)cc1)N1C[C@H]2CCCN(C(=O)c3cc(-c4cccs4)on3)[C@H]2C1. The molecule has 3 aromatic heterocycles. The van der Waals surface area contributed by atoms with Crippen molar-refractivity contribution in [3.8, 4) is 22.3 Å². The van der Waals surface area contributed by atoms with Gasteiger partial charge in [0.05, 0.1) is 15.9 Å². The fraction of sp³-hybridized carbons (Fsp3) is 0.259. The number of halogens is 1. The van der Waals surface area contributed by atoms with E-state index in [-0.39, 0.29) is 23.8 Å². The lowest BCUT2D eigenvalue weighted by molar-refractivity contribution is 0.0554. The molecule has 0 bridgehead atoms. The first kappa shape index (κ1) is 23.7. The molecule has 2 fully saturated rings. The minimum Gasteiger partial charge on any atom is -0.439 e. The highest BCUT2D eigenvalue weighted by molar-refractivity contribution is 7.13. The van der Waals surface area contributed by atoms with E-state index in [0.29, 0.717) is 53.3 Å². The zero-order valence-electron chi connectivity index (χ0n) is 19.7. The first-order valence-electron chi connectivity index (χ1n) is 12.1. The molecule has 10 heteroatoms. The number of likely N-dealkylation sites (tertiary alicyclic amines) is 2. The monoisotopic (exact) mass is 534 g/mol. The van der Waals surface area contributed by atoms with Gasteiger partial charge < -0.3 is 19.1 Å². The highest BCUT2D eigenvalue weighted by atomic mass is 35.5. The van der Waals surface area contributed by atoms with Crippen molar-refractivity contribution in [1.29, 1.82) is 0 Å². The van der Waals surface area contributed by atoms with Crippen molar-refractivity contribution in [1.82, 2.24) is 19.9 Å². The van der Waals surface area contributed by atoms with Crippen LogP contribution in [0.1, 0.15) is 33.7 Å². The molecule has 188 valence electrons. The predicted octanol–water partition coefficient (Wildman–Crippen LogP) is 5.62. The second kappa shape index (κ2) is 9.99. The van der Waals surface area contributed by atoms with E-state index in [1.807, 2.05) is 27.3 Å². The van der Waals surface area contributed by atoms with Crippen molar-refractivity contribution < 1.29 is 18.8 Å². The number of aromatic nitrogens is 2. The summed E-state index contributed by atoms with van der Waals surface area (Å²) in [6.07, 6.45) is 3.40. The Morgan fingerprint density at radius 2 is 1.95 bits per heavy atom. The minimum atomic E-state index is -0.145. The van der Waals surface area contributed by atoms with Crippen molar-refractivity contribution in [3.63, 3.8) is 0 Å². The van der Waals surface area contributed by atoms with Crippen LogP contribution >= 0.6 is 22.9 Å². The standard InChI is InChI=1S/C27H23ClN4O4S/c28-19-7-10-25(29-14-19)35-20-8-5-17(6-9-20)26(33)31-15-18-3-1-11-32(22(18)16-31)27(34)21-13-23(36-30-21)24-4-2-12-37-24/h2,4-10,12-14,18,22H,1,3,11,15-16H2/t18-,22+/m1/s1. The summed E-state index contributed by atoms with van der Waals surface area (Å²) < 4.78 is 11.2. The fourth-order valence-corrected chi connectivity index (χ4v) is 5.83. The summed E-state index contributed by atoms with van der Waals surface area (Å²) in [5.41, 5.74) is 0.879. The summed E-state index contributed by atoms with van der Waals surface area (Å²) >= 11 is 7.40. The minimum absolute atomic E-state index is 0.0364. The smallest absolute Gasteiger partial charge is 0.276 e. The Hall–Kier alpha value is -3.69. The molecule has 0 saturated carbocycles. The number of benzene rings is 1. The average Bonchev–Trinajstić information content (AvgIpc) is 3.70. The number of hydrogen-bond donors (Lipinski definition) is 0. The van der Waals surface area contributed by atoms with Gasteiger partial charge in [-0.1, -0.05) is 22.8 Å². The van der Waals surface area contributed by atoms with Crippen LogP contribution in [0.2, 0.25) is 5.02 Å². The second-order valence-corrected chi connectivity index (χ2v) is 10.6. The van der Waals surface area contributed by atoms with Gasteiger partial charge in [-0.2, -0.15) is 0 Å². The van der Waals surface area contributed by atoms with Crippen molar-refractivity contribution in [3.05, 3.63) is 82.5 Å². The molecule has 0 radical (unpaired) electrons. The van der Waals surface area contributed by atoms with Crippen LogP contribution in [-0.2, 0) is 0 Å². The number of rotatable bonds is 5. The van der Waals surface area contributed by atoms with Crippen LogP contribution in [-0.4, -0.2) is 57.4 Å². The van der Waals surface area contributed by atoms with E-state index in [1.54, 1.807) is 42.5 Å². The highest BCUT2D eigenvalue weighted by Gasteiger charge is 2.43. The van der Waals surface area contributed by atoms with E-state index in [2.05, 4.69) is 10.1 Å². The maximum atomic E-state index is 13.4. The molecule has 8 nitrogen and oxygen atoms in total. The number of carbonyl (C=O) groups is 2. The fourth-order valence-electron chi connectivity index (χ4n) is 5.05. The quantitative estimate of drug-likeness (QED) is 0.330. The van der Waals surface area contributed by atoms with E-state index < -0.39 is 0 Å². The molecule has 0 spiro atoms. The number of carbonyl (C=O) groups excluding carboxylic acids is 2. The van der Waals surface area contributed by atoms with Crippen LogP contribution in [0.3, 0.4) is 0 Å². The first-order chi connectivity index (χ1) is 18.0. The molecule has 2 saturated heterocycles. The molecule has 37 heavy (non-hydrogen) atoms. The summed E-state index contributed by atoms with van der Waals surface area (Å²) in [5.74, 6) is 1.63. The van der Waals surface area contributed by atoms with Crippen LogP contribution in [0.25, 0.3) is 10.6 Å². The third-order valence-corrected chi connectivity index (χ3v) is 7.95. The van der Waals surface area contributed by atoms with E-state index in [4.69, 9.17) is 20.9 Å². The molecule has 0 N–H and O–H groups in total. The molecule has 5 heterocycles. The van der Waals surface area contributed by atoms with Crippen molar-refractivity contribution in [2.24, 2.45) is 5.92 Å². The lowest BCUT2D eigenvalue weighted by atomic mass is 9.92. The van der Waals surface area contributed by atoms with Crippen LogP contribution in [0.4, 0.5) is 0 Å².